The van der Waals surface area contributed by atoms with Gasteiger partial charge in [0.2, 0.25) is 0 Å². The molecule has 0 aliphatic carbocycles. The topological polar surface area (TPSA) is 41.6 Å². The van der Waals surface area contributed by atoms with Gasteiger partial charge in [0.25, 0.3) is 0 Å². The SMILES string of the molecule is O=C(NCCc1ccccc1OC(F)F)N1CCSCC1. The number of carbonyl (C=O) groups is 1. The van der Waals surface area contributed by atoms with Gasteiger partial charge in [-0.2, -0.15) is 20.5 Å². The van der Waals surface area contributed by atoms with Crippen LogP contribution in [0, 0.1) is 0 Å². The Hall–Kier alpha value is -1.50. The lowest BCUT2D eigenvalue weighted by Crippen LogP contribution is -2.44. The monoisotopic (exact) mass is 316 g/mol. The van der Waals surface area contributed by atoms with Crippen LogP contribution in [0.3, 0.4) is 0 Å². The first-order valence-electron chi connectivity index (χ1n) is 6.80. The zero-order chi connectivity index (χ0) is 15.1. The largest absolute Gasteiger partial charge is 0.435 e. The molecule has 1 aliphatic heterocycles. The van der Waals surface area contributed by atoms with E-state index in [0.717, 1.165) is 24.6 Å². The van der Waals surface area contributed by atoms with Crippen LogP contribution in [-0.4, -0.2) is 48.7 Å². The maximum atomic E-state index is 12.3. The molecule has 2 amide bonds. The van der Waals surface area contributed by atoms with Gasteiger partial charge in [-0.05, 0) is 18.1 Å². The van der Waals surface area contributed by atoms with Crippen molar-refractivity contribution in [1.82, 2.24) is 10.2 Å². The highest BCUT2D eigenvalue weighted by molar-refractivity contribution is 7.99. The van der Waals surface area contributed by atoms with E-state index in [9.17, 15) is 13.6 Å². The molecule has 0 atom stereocenters. The summed E-state index contributed by atoms with van der Waals surface area (Å²) in [5.74, 6) is 2.08. The van der Waals surface area contributed by atoms with E-state index in [2.05, 4.69) is 10.1 Å². The van der Waals surface area contributed by atoms with Crippen molar-refractivity contribution in [2.75, 3.05) is 31.1 Å². The molecule has 0 aromatic heterocycles. The van der Waals surface area contributed by atoms with Crippen LogP contribution in [0.2, 0.25) is 0 Å². The number of benzene rings is 1. The van der Waals surface area contributed by atoms with Gasteiger partial charge >= 0.3 is 12.6 Å². The van der Waals surface area contributed by atoms with Crippen LogP contribution in [0.1, 0.15) is 5.56 Å². The molecule has 7 heteroatoms. The molecule has 0 unspecified atom stereocenters. The zero-order valence-electron chi connectivity index (χ0n) is 11.6. The van der Waals surface area contributed by atoms with Crippen molar-refractivity contribution in [3.05, 3.63) is 29.8 Å². The van der Waals surface area contributed by atoms with Crippen molar-refractivity contribution in [3.8, 4) is 5.75 Å². The third-order valence-electron chi connectivity index (χ3n) is 3.16. The van der Waals surface area contributed by atoms with Crippen molar-refractivity contribution in [3.63, 3.8) is 0 Å². The highest BCUT2D eigenvalue weighted by atomic mass is 32.2. The zero-order valence-corrected chi connectivity index (χ0v) is 12.4. The average Bonchev–Trinajstić information content (AvgIpc) is 2.49. The molecule has 1 aromatic carbocycles. The highest BCUT2D eigenvalue weighted by Crippen LogP contribution is 2.20. The van der Waals surface area contributed by atoms with Crippen LogP contribution in [0.25, 0.3) is 0 Å². The van der Waals surface area contributed by atoms with Crippen molar-refractivity contribution in [2.45, 2.75) is 13.0 Å². The summed E-state index contributed by atoms with van der Waals surface area (Å²) in [5, 5.41) is 2.82. The minimum absolute atomic E-state index is 0.0949. The standard InChI is InChI=1S/C14H18F2N2O2S/c15-13(16)20-12-4-2-1-3-11(12)5-6-17-14(19)18-7-9-21-10-8-18/h1-4,13H,5-10H2,(H,17,19). The molecular weight excluding hydrogens is 298 g/mol. The van der Waals surface area contributed by atoms with E-state index in [0.29, 0.717) is 18.5 Å². The van der Waals surface area contributed by atoms with Crippen LogP contribution in [0.5, 0.6) is 5.75 Å². The quantitative estimate of drug-likeness (QED) is 0.908. The molecule has 1 aliphatic rings. The smallest absolute Gasteiger partial charge is 0.387 e. The number of nitrogens with one attached hydrogen (secondary N) is 1. The minimum Gasteiger partial charge on any atom is -0.435 e. The van der Waals surface area contributed by atoms with Crippen molar-refractivity contribution in [1.29, 1.82) is 0 Å². The third kappa shape index (κ3) is 5.08. The number of hydrogen-bond donors (Lipinski definition) is 1. The highest BCUT2D eigenvalue weighted by Gasteiger charge is 2.16. The number of alkyl halides is 2. The van der Waals surface area contributed by atoms with Crippen molar-refractivity contribution >= 4 is 17.8 Å². The van der Waals surface area contributed by atoms with Gasteiger partial charge in [0.1, 0.15) is 5.75 Å². The number of nitrogens with zero attached hydrogens (tertiary/aromatic N) is 1. The summed E-state index contributed by atoms with van der Waals surface area (Å²) in [4.78, 5) is 13.7. The summed E-state index contributed by atoms with van der Waals surface area (Å²) >= 11 is 1.84. The number of carbonyl (C=O) groups excluding carboxylic acids is 1. The first-order valence-corrected chi connectivity index (χ1v) is 7.95. The van der Waals surface area contributed by atoms with E-state index < -0.39 is 6.61 Å². The van der Waals surface area contributed by atoms with E-state index in [1.807, 2.05) is 11.8 Å². The second kappa shape index (κ2) is 8.07. The predicted octanol–water partition coefficient (Wildman–Crippen LogP) is 2.59. The molecule has 0 bridgehead atoms. The Kier molecular flexibility index (Phi) is 6.10. The lowest BCUT2D eigenvalue weighted by molar-refractivity contribution is -0.0504. The number of halogens is 2. The van der Waals surface area contributed by atoms with Gasteiger partial charge in [-0.25, -0.2) is 4.79 Å². The molecule has 1 saturated heterocycles. The lowest BCUT2D eigenvalue weighted by atomic mass is 10.1. The summed E-state index contributed by atoms with van der Waals surface area (Å²) in [7, 11) is 0. The number of hydrogen-bond acceptors (Lipinski definition) is 3. The molecular formula is C14H18F2N2O2S. The molecule has 0 spiro atoms. The van der Waals surface area contributed by atoms with E-state index in [-0.39, 0.29) is 11.8 Å². The third-order valence-corrected chi connectivity index (χ3v) is 4.10. The van der Waals surface area contributed by atoms with E-state index in [4.69, 9.17) is 0 Å². The van der Waals surface area contributed by atoms with Gasteiger partial charge in [-0.15, -0.1) is 0 Å². The summed E-state index contributed by atoms with van der Waals surface area (Å²) in [5.41, 5.74) is 0.660. The van der Waals surface area contributed by atoms with Gasteiger partial charge in [-0.1, -0.05) is 18.2 Å². The second-order valence-electron chi connectivity index (χ2n) is 4.57. The molecule has 1 heterocycles. The van der Waals surface area contributed by atoms with Crippen LogP contribution < -0.4 is 10.1 Å². The molecule has 4 nitrogen and oxygen atoms in total. The van der Waals surface area contributed by atoms with Gasteiger partial charge in [0, 0.05) is 31.1 Å². The van der Waals surface area contributed by atoms with Crippen LogP contribution in [0.4, 0.5) is 13.6 Å². The van der Waals surface area contributed by atoms with Gasteiger partial charge in [-0.3, -0.25) is 0 Å². The Morgan fingerprint density at radius 1 is 1.33 bits per heavy atom. The van der Waals surface area contributed by atoms with E-state index in [1.165, 1.54) is 6.07 Å². The first kappa shape index (κ1) is 15.9. The fourth-order valence-corrected chi connectivity index (χ4v) is 3.01. The van der Waals surface area contributed by atoms with Crippen LogP contribution in [0.15, 0.2) is 24.3 Å². The predicted molar refractivity (Wildman–Crippen MR) is 79.1 cm³/mol. The Balaban J connectivity index is 1.81. The fraction of sp³-hybridized carbons (Fsp3) is 0.500. The number of ether oxygens (including phenoxy) is 1. The number of thioether (sulfide) groups is 1. The van der Waals surface area contributed by atoms with E-state index in [1.54, 1.807) is 23.1 Å². The van der Waals surface area contributed by atoms with Gasteiger partial charge < -0.3 is 15.0 Å². The maximum absolute atomic E-state index is 12.3. The summed E-state index contributed by atoms with van der Waals surface area (Å²) in [6.07, 6.45) is 0.456. The van der Waals surface area contributed by atoms with Crippen LogP contribution >= 0.6 is 11.8 Å². The fourth-order valence-electron chi connectivity index (χ4n) is 2.10. The Morgan fingerprint density at radius 2 is 2.05 bits per heavy atom. The Labute approximate surface area is 126 Å². The molecule has 116 valence electrons. The molecule has 21 heavy (non-hydrogen) atoms. The molecule has 0 saturated carbocycles. The average molecular weight is 316 g/mol. The Bertz CT molecular complexity index is 468. The summed E-state index contributed by atoms with van der Waals surface area (Å²) in [6, 6.07) is 6.54. The summed E-state index contributed by atoms with van der Waals surface area (Å²) in [6.45, 7) is -0.943. The lowest BCUT2D eigenvalue weighted by Gasteiger charge is -2.26. The van der Waals surface area contributed by atoms with Crippen LogP contribution in [-0.2, 0) is 6.42 Å². The number of para-hydroxylation sites is 1. The molecule has 1 fully saturated rings. The van der Waals surface area contributed by atoms with Crippen molar-refractivity contribution < 1.29 is 18.3 Å². The normalized spacial score (nSPS) is 15.1. The second-order valence-corrected chi connectivity index (χ2v) is 5.79. The molecule has 2 rings (SSSR count). The molecule has 1 aromatic rings. The molecule has 0 radical (unpaired) electrons. The number of urea groups is 1. The summed E-state index contributed by atoms with van der Waals surface area (Å²) < 4.78 is 29.0. The van der Waals surface area contributed by atoms with Gasteiger partial charge in [0.15, 0.2) is 0 Å². The maximum Gasteiger partial charge on any atom is 0.387 e. The molecule has 1 N–H and O–H groups in total. The van der Waals surface area contributed by atoms with Crippen molar-refractivity contribution in [2.24, 2.45) is 0 Å². The first-order chi connectivity index (χ1) is 10.2. The van der Waals surface area contributed by atoms with E-state index >= 15 is 0 Å². The number of amides is 2. The number of rotatable bonds is 5. The Morgan fingerprint density at radius 3 is 2.76 bits per heavy atom. The van der Waals surface area contributed by atoms with Gasteiger partial charge in [0.05, 0.1) is 0 Å². The minimum atomic E-state index is -2.84.